The molecule has 0 bridgehead atoms. The second-order valence-electron chi connectivity index (χ2n) is 4.52. The van der Waals surface area contributed by atoms with E-state index in [1.165, 1.54) is 0 Å². The summed E-state index contributed by atoms with van der Waals surface area (Å²) in [5.41, 5.74) is 0. The standard InChI is InChI=1S/C14H19ClN2O2/c15-12-14(18)17-8-6-16(7-9-17)10-11-19-13-4-2-1-3-5-13/h1-5H,6-12H2. The first-order valence-corrected chi connectivity index (χ1v) is 7.07. The van der Waals surface area contributed by atoms with E-state index in [1.807, 2.05) is 35.2 Å². The lowest BCUT2D eigenvalue weighted by molar-refractivity contribution is -0.130. The van der Waals surface area contributed by atoms with Crippen molar-refractivity contribution in [3.63, 3.8) is 0 Å². The van der Waals surface area contributed by atoms with Gasteiger partial charge in [0.05, 0.1) is 0 Å². The number of carbonyl (C=O) groups excluding carboxylic acids is 1. The predicted octanol–water partition coefficient (Wildman–Crippen LogP) is 1.45. The van der Waals surface area contributed by atoms with E-state index in [-0.39, 0.29) is 11.8 Å². The van der Waals surface area contributed by atoms with Crippen LogP contribution < -0.4 is 4.74 Å². The van der Waals surface area contributed by atoms with Crippen LogP contribution in [-0.4, -0.2) is 60.9 Å². The number of piperazine rings is 1. The van der Waals surface area contributed by atoms with Gasteiger partial charge in [-0.25, -0.2) is 0 Å². The summed E-state index contributed by atoms with van der Waals surface area (Å²) < 4.78 is 5.66. The highest BCUT2D eigenvalue weighted by atomic mass is 35.5. The second kappa shape index (κ2) is 7.36. The molecule has 0 radical (unpaired) electrons. The zero-order valence-corrected chi connectivity index (χ0v) is 11.7. The van der Waals surface area contributed by atoms with Gasteiger partial charge in [-0.1, -0.05) is 18.2 Å². The van der Waals surface area contributed by atoms with Crippen LogP contribution >= 0.6 is 11.6 Å². The SMILES string of the molecule is O=C(CCl)N1CCN(CCOc2ccccc2)CC1. The molecule has 0 saturated carbocycles. The molecule has 5 heteroatoms. The minimum Gasteiger partial charge on any atom is -0.492 e. The van der Waals surface area contributed by atoms with Crippen LogP contribution in [0.4, 0.5) is 0 Å². The van der Waals surface area contributed by atoms with Gasteiger partial charge in [0.1, 0.15) is 18.2 Å². The summed E-state index contributed by atoms with van der Waals surface area (Å²) in [4.78, 5) is 15.6. The van der Waals surface area contributed by atoms with E-state index in [2.05, 4.69) is 4.90 Å². The Morgan fingerprint density at radius 2 is 1.84 bits per heavy atom. The molecule has 1 aliphatic rings. The molecular formula is C14H19ClN2O2. The molecule has 2 rings (SSSR count). The average molecular weight is 283 g/mol. The molecule has 0 N–H and O–H groups in total. The molecule has 4 nitrogen and oxygen atoms in total. The topological polar surface area (TPSA) is 32.8 Å². The van der Waals surface area contributed by atoms with Crippen molar-refractivity contribution in [2.24, 2.45) is 0 Å². The molecule has 1 aromatic rings. The highest BCUT2D eigenvalue weighted by Crippen LogP contribution is 2.08. The van der Waals surface area contributed by atoms with Crippen molar-refractivity contribution in [1.29, 1.82) is 0 Å². The molecule has 0 spiro atoms. The van der Waals surface area contributed by atoms with Gasteiger partial charge in [-0.15, -0.1) is 11.6 Å². The van der Waals surface area contributed by atoms with Crippen LogP contribution in [0.1, 0.15) is 0 Å². The summed E-state index contributed by atoms with van der Waals surface area (Å²) in [5.74, 6) is 1.01. The fourth-order valence-electron chi connectivity index (χ4n) is 2.11. The van der Waals surface area contributed by atoms with Crippen molar-refractivity contribution in [2.75, 3.05) is 45.2 Å². The Labute approximate surface area is 118 Å². The Hall–Kier alpha value is -1.26. The molecule has 1 amide bonds. The van der Waals surface area contributed by atoms with Crippen molar-refractivity contribution in [2.45, 2.75) is 0 Å². The first kappa shape index (κ1) is 14.2. The minimum atomic E-state index is 0.0295. The largest absolute Gasteiger partial charge is 0.492 e. The number of rotatable bonds is 5. The number of alkyl halides is 1. The summed E-state index contributed by atoms with van der Waals surface area (Å²) in [6, 6.07) is 9.81. The maximum absolute atomic E-state index is 11.4. The monoisotopic (exact) mass is 282 g/mol. The maximum Gasteiger partial charge on any atom is 0.237 e. The predicted molar refractivity (Wildman–Crippen MR) is 75.7 cm³/mol. The van der Waals surface area contributed by atoms with E-state index in [0.29, 0.717) is 6.61 Å². The van der Waals surface area contributed by atoms with Crippen molar-refractivity contribution in [1.82, 2.24) is 9.80 Å². The van der Waals surface area contributed by atoms with Gasteiger partial charge in [0.15, 0.2) is 0 Å². The van der Waals surface area contributed by atoms with E-state index < -0.39 is 0 Å². The first-order valence-electron chi connectivity index (χ1n) is 6.53. The van der Waals surface area contributed by atoms with Gasteiger partial charge in [0.2, 0.25) is 5.91 Å². The number of benzene rings is 1. The molecular weight excluding hydrogens is 264 g/mol. The summed E-state index contributed by atoms with van der Waals surface area (Å²) in [5, 5.41) is 0. The molecule has 1 heterocycles. The van der Waals surface area contributed by atoms with E-state index in [0.717, 1.165) is 38.5 Å². The fourth-order valence-corrected chi connectivity index (χ4v) is 2.28. The third-order valence-corrected chi connectivity index (χ3v) is 3.49. The van der Waals surface area contributed by atoms with Crippen LogP contribution in [0.2, 0.25) is 0 Å². The van der Waals surface area contributed by atoms with Gasteiger partial charge in [0.25, 0.3) is 0 Å². The Morgan fingerprint density at radius 1 is 1.16 bits per heavy atom. The van der Waals surface area contributed by atoms with E-state index in [1.54, 1.807) is 0 Å². The molecule has 1 fully saturated rings. The smallest absolute Gasteiger partial charge is 0.237 e. The Kier molecular flexibility index (Phi) is 5.48. The van der Waals surface area contributed by atoms with Gasteiger partial charge in [0, 0.05) is 32.7 Å². The highest BCUT2D eigenvalue weighted by molar-refractivity contribution is 6.27. The van der Waals surface area contributed by atoms with Gasteiger partial charge < -0.3 is 9.64 Å². The molecule has 19 heavy (non-hydrogen) atoms. The molecule has 0 aliphatic carbocycles. The van der Waals surface area contributed by atoms with Gasteiger partial charge in [-0.3, -0.25) is 9.69 Å². The minimum absolute atomic E-state index is 0.0295. The molecule has 1 aromatic carbocycles. The fraction of sp³-hybridized carbons (Fsp3) is 0.500. The average Bonchev–Trinajstić information content (AvgIpc) is 2.48. The number of hydrogen-bond acceptors (Lipinski definition) is 3. The van der Waals surface area contributed by atoms with Crippen molar-refractivity contribution in [3.8, 4) is 5.75 Å². The lowest BCUT2D eigenvalue weighted by atomic mass is 10.3. The van der Waals surface area contributed by atoms with E-state index >= 15 is 0 Å². The van der Waals surface area contributed by atoms with Crippen LogP contribution in [0.5, 0.6) is 5.75 Å². The third-order valence-electron chi connectivity index (χ3n) is 3.26. The van der Waals surface area contributed by atoms with Crippen LogP contribution in [0.15, 0.2) is 30.3 Å². The zero-order chi connectivity index (χ0) is 13.5. The third kappa shape index (κ3) is 4.40. The van der Waals surface area contributed by atoms with E-state index in [4.69, 9.17) is 16.3 Å². The zero-order valence-electron chi connectivity index (χ0n) is 10.9. The molecule has 104 valence electrons. The highest BCUT2D eigenvalue weighted by Gasteiger charge is 2.19. The van der Waals surface area contributed by atoms with Crippen molar-refractivity contribution >= 4 is 17.5 Å². The maximum atomic E-state index is 11.4. The van der Waals surface area contributed by atoms with E-state index in [9.17, 15) is 4.79 Å². The second-order valence-corrected chi connectivity index (χ2v) is 4.78. The Morgan fingerprint density at radius 3 is 2.47 bits per heavy atom. The Bertz CT molecular complexity index is 392. The van der Waals surface area contributed by atoms with Crippen LogP contribution in [0, 0.1) is 0 Å². The van der Waals surface area contributed by atoms with Crippen LogP contribution in [0.25, 0.3) is 0 Å². The number of amides is 1. The molecule has 1 aliphatic heterocycles. The Balaban J connectivity index is 1.65. The summed E-state index contributed by atoms with van der Waals surface area (Å²) in [7, 11) is 0. The van der Waals surface area contributed by atoms with Gasteiger partial charge in [-0.2, -0.15) is 0 Å². The van der Waals surface area contributed by atoms with Crippen LogP contribution in [0.3, 0.4) is 0 Å². The number of carbonyl (C=O) groups is 1. The molecule has 0 atom stereocenters. The first-order chi connectivity index (χ1) is 9.29. The quantitative estimate of drug-likeness (QED) is 0.767. The summed E-state index contributed by atoms with van der Waals surface area (Å²) >= 11 is 5.55. The summed E-state index contributed by atoms with van der Waals surface area (Å²) in [6.07, 6.45) is 0. The number of para-hydroxylation sites is 1. The number of ether oxygens (including phenoxy) is 1. The number of hydrogen-bond donors (Lipinski definition) is 0. The lowest BCUT2D eigenvalue weighted by Crippen LogP contribution is -2.49. The normalized spacial score (nSPS) is 16.4. The molecule has 0 unspecified atom stereocenters. The number of halogens is 1. The summed E-state index contributed by atoms with van der Waals surface area (Å²) in [6.45, 7) is 4.86. The van der Waals surface area contributed by atoms with Crippen LogP contribution in [-0.2, 0) is 4.79 Å². The van der Waals surface area contributed by atoms with Gasteiger partial charge in [-0.05, 0) is 12.1 Å². The molecule has 0 aromatic heterocycles. The lowest BCUT2D eigenvalue weighted by Gasteiger charge is -2.34. The van der Waals surface area contributed by atoms with Crippen molar-refractivity contribution < 1.29 is 9.53 Å². The number of nitrogens with zero attached hydrogens (tertiary/aromatic N) is 2. The van der Waals surface area contributed by atoms with Gasteiger partial charge >= 0.3 is 0 Å². The molecule has 1 saturated heterocycles. The van der Waals surface area contributed by atoms with Crippen molar-refractivity contribution in [3.05, 3.63) is 30.3 Å².